The van der Waals surface area contributed by atoms with Gasteiger partial charge in [-0.1, -0.05) is 0 Å². The molecule has 94 valence electrons. The zero-order valence-electron chi connectivity index (χ0n) is 7.99. The second-order valence-corrected chi connectivity index (χ2v) is 3.85. The number of halogens is 4. The van der Waals surface area contributed by atoms with Crippen LogP contribution in [0, 0.1) is 13.8 Å². The van der Waals surface area contributed by atoms with Crippen LogP contribution in [0.4, 0.5) is 18.9 Å². The fourth-order valence-electron chi connectivity index (χ4n) is 1.04. The Hall–Kier alpha value is -1.17. The highest BCUT2D eigenvalue weighted by atomic mass is 127. The molecular formula is C7H5F3IN3O3. The maximum absolute atomic E-state index is 12.1. The van der Waals surface area contributed by atoms with Gasteiger partial charge in [0.05, 0.1) is 11.0 Å². The molecule has 6 nitrogen and oxygen atoms in total. The molecule has 1 aromatic rings. The molecule has 0 spiro atoms. The topological polar surface area (TPSA) is 91.3 Å². The highest BCUT2D eigenvalue weighted by Gasteiger charge is 2.36. The van der Waals surface area contributed by atoms with Gasteiger partial charge in [0.15, 0.2) is 0 Å². The van der Waals surface area contributed by atoms with E-state index in [4.69, 9.17) is 5.73 Å². The first-order chi connectivity index (χ1) is 7.74. The van der Waals surface area contributed by atoms with E-state index < -0.39 is 29.3 Å². The van der Waals surface area contributed by atoms with E-state index in [-0.39, 0.29) is 9.39 Å². The summed E-state index contributed by atoms with van der Waals surface area (Å²) < 4.78 is 40.0. The molecule has 0 atom stereocenters. The lowest BCUT2D eigenvalue weighted by Crippen LogP contribution is -2.20. The van der Waals surface area contributed by atoms with E-state index in [0.29, 0.717) is 0 Å². The van der Waals surface area contributed by atoms with E-state index in [1.54, 1.807) is 22.6 Å². The molecule has 0 aliphatic carbocycles. The Balaban J connectivity index is 3.37. The summed E-state index contributed by atoms with van der Waals surface area (Å²) in [5.41, 5.74) is 4.04. The SMILES string of the molecule is NCc1nc(I)cc([N+](=O)[O-])c1OC(F)(F)F. The molecule has 1 rings (SSSR count). The van der Waals surface area contributed by atoms with Gasteiger partial charge >= 0.3 is 12.0 Å². The highest BCUT2D eigenvalue weighted by molar-refractivity contribution is 14.1. The van der Waals surface area contributed by atoms with E-state index in [1.807, 2.05) is 0 Å². The number of hydrogen-bond donors (Lipinski definition) is 1. The van der Waals surface area contributed by atoms with Crippen LogP contribution in [0.15, 0.2) is 6.07 Å². The molecular weight excluding hydrogens is 358 g/mol. The Morgan fingerprint density at radius 1 is 1.59 bits per heavy atom. The van der Waals surface area contributed by atoms with E-state index in [2.05, 4.69) is 9.72 Å². The van der Waals surface area contributed by atoms with Gasteiger partial charge in [0, 0.05) is 6.54 Å². The summed E-state index contributed by atoms with van der Waals surface area (Å²) >= 11 is 1.63. The molecule has 1 heterocycles. The van der Waals surface area contributed by atoms with Crippen molar-refractivity contribution >= 4 is 28.3 Å². The van der Waals surface area contributed by atoms with Crippen LogP contribution in [-0.4, -0.2) is 16.3 Å². The van der Waals surface area contributed by atoms with Crippen molar-refractivity contribution in [3.8, 4) is 5.75 Å². The van der Waals surface area contributed by atoms with Gasteiger partial charge in [0.1, 0.15) is 9.39 Å². The third kappa shape index (κ3) is 3.66. The van der Waals surface area contributed by atoms with Crippen LogP contribution in [0.1, 0.15) is 5.69 Å². The van der Waals surface area contributed by atoms with Crippen LogP contribution in [0.3, 0.4) is 0 Å². The molecule has 0 aliphatic rings. The van der Waals surface area contributed by atoms with Crippen molar-refractivity contribution in [3.63, 3.8) is 0 Å². The average molecular weight is 363 g/mol. The van der Waals surface area contributed by atoms with E-state index in [9.17, 15) is 23.3 Å². The van der Waals surface area contributed by atoms with Crippen molar-refractivity contribution in [2.75, 3.05) is 0 Å². The van der Waals surface area contributed by atoms with Gasteiger partial charge in [-0.3, -0.25) is 10.1 Å². The smallest absolute Gasteiger partial charge is 0.396 e. The number of aromatic nitrogens is 1. The van der Waals surface area contributed by atoms with Gasteiger partial charge in [-0.15, -0.1) is 13.2 Å². The number of pyridine rings is 1. The zero-order chi connectivity index (χ0) is 13.2. The fourth-order valence-corrected chi connectivity index (χ4v) is 1.63. The van der Waals surface area contributed by atoms with Crippen molar-refractivity contribution in [1.82, 2.24) is 4.98 Å². The Labute approximate surface area is 106 Å². The summed E-state index contributed by atoms with van der Waals surface area (Å²) in [7, 11) is 0. The van der Waals surface area contributed by atoms with E-state index in [0.717, 1.165) is 6.07 Å². The third-order valence-electron chi connectivity index (χ3n) is 1.60. The number of nitrogens with two attached hydrogens (primary N) is 1. The van der Waals surface area contributed by atoms with Gasteiger partial charge < -0.3 is 10.5 Å². The number of hydrogen-bond acceptors (Lipinski definition) is 5. The standard InChI is InChI=1S/C7H5F3IN3O3/c8-7(9,10)17-6-3(2-12)13-5(11)1-4(6)14(15)16/h1H,2,12H2. The highest BCUT2D eigenvalue weighted by Crippen LogP contribution is 2.35. The lowest BCUT2D eigenvalue weighted by Gasteiger charge is -2.12. The lowest BCUT2D eigenvalue weighted by atomic mass is 10.3. The number of nitro groups is 1. The van der Waals surface area contributed by atoms with Crippen molar-refractivity contribution in [2.45, 2.75) is 12.9 Å². The Morgan fingerprint density at radius 2 is 2.18 bits per heavy atom. The Morgan fingerprint density at radius 3 is 2.59 bits per heavy atom. The number of nitrogens with zero attached hydrogens (tertiary/aromatic N) is 2. The average Bonchev–Trinajstić information content (AvgIpc) is 2.17. The van der Waals surface area contributed by atoms with Crippen LogP contribution in [0.25, 0.3) is 0 Å². The lowest BCUT2D eigenvalue weighted by molar-refractivity contribution is -0.388. The maximum atomic E-state index is 12.1. The molecule has 0 saturated carbocycles. The number of ether oxygens (including phenoxy) is 1. The number of alkyl halides is 3. The minimum absolute atomic E-state index is 0.157. The van der Waals surface area contributed by atoms with E-state index >= 15 is 0 Å². The molecule has 1 aromatic heterocycles. The summed E-state index contributed by atoms with van der Waals surface area (Å²) in [5.74, 6) is -0.967. The molecule has 0 unspecified atom stereocenters. The molecule has 0 amide bonds. The number of rotatable bonds is 3. The van der Waals surface area contributed by atoms with E-state index in [1.165, 1.54) is 0 Å². The van der Waals surface area contributed by atoms with Crippen LogP contribution in [-0.2, 0) is 6.54 Å². The quantitative estimate of drug-likeness (QED) is 0.384. The van der Waals surface area contributed by atoms with Crippen LogP contribution in [0.5, 0.6) is 5.75 Å². The molecule has 0 saturated heterocycles. The van der Waals surface area contributed by atoms with Gasteiger partial charge in [-0.25, -0.2) is 4.98 Å². The molecule has 0 aliphatic heterocycles. The van der Waals surface area contributed by atoms with Crippen LogP contribution >= 0.6 is 22.6 Å². The normalized spacial score (nSPS) is 11.4. The first-order valence-corrected chi connectivity index (χ1v) is 5.12. The van der Waals surface area contributed by atoms with Crippen molar-refractivity contribution in [3.05, 3.63) is 25.6 Å². The molecule has 2 N–H and O–H groups in total. The minimum atomic E-state index is -5.04. The Bertz CT molecular complexity index is 452. The molecule has 0 bridgehead atoms. The zero-order valence-corrected chi connectivity index (χ0v) is 10.2. The van der Waals surface area contributed by atoms with Gasteiger partial charge in [-0.2, -0.15) is 0 Å². The minimum Gasteiger partial charge on any atom is -0.396 e. The predicted octanol–water partition coefficient (Wildman–Crippen LogP) is 1.95. The van der Waals surface area contributed by atoms with Crippen LogP contribution in [0.2, 0.25) is 0 Å². The molecule has 0 radical (unpaired) electrons. The predicted molar refractivity (Wildman–Crippen MR) is 58.2 cm³/mol. The first-order valence-electron chi connectivity index (χ1n) is 4.04. The van der Waals surface area contributed by atoms with Crippen molar-refractivity contribution in [1.29, 1.82) is 0 Å². The fraction of sp³-hybridized carbons (Fsp3) is 0.286. The molecule has 0 aromatic carbocycles. The molecule has 0 fully saturated rings. The molecule has 17 heavy (non-hydrogen) atoms. The summed E-state index contributed by atoms with van der Waals surface area (Å²) in [4.78, 5) is 13.3. The summed E-state index contributed by atoms with van der Waals surface area (Å²) in [6, 6.07) is 0.876. The van der Waals surface area contributed by atoms with Gasteiger partial charge in [0.25, 0.3) is 0 Å². The van der Waals surface area contributed by atoms with Crippen LogP contribution < -0.4 is 10.5 Å². The Kier molecular flexibility index (Phi) is 4.08. The van der Waals surface area contributed by atoms with Gasteiger partial charge in [0.2, 0.25) is 5.75 Å². The monoisotopic (exact) mass is 363 g/mol. The van der Waals surface area contributed by atoms with Gasteiger partial charge in [-0.05, 0) is 22.6 Å². The largest absolute Gasteiger partial charge is 0.573 e. The maximum Gasteiger partial charge on any atom is 0.573 e. The van der Waals surface area contributed by atoms with Crippen molar-refractivity contribution in [2.24, 2.45) is 5.73 Å². The summed E-state index contributed by atoms with van der Waals surface area (Å²) in [5, 5.41) is 10.6. The third-order valence-corrected chi connectivity index (χ3v) is 2.15. The van der Waals surface area contributed by atoms with Crippen molar-refractivity contribution < 1.29 is 22.8 Å². The second kappa shape index (κ2) is 5.00. The second-order valence-electron chi connectivity index (χ2n) is 2.75. The molecule has 10 heteroatoms. The summed E-state index contributed by atoms with van der Waals surface area (Å²) in [6.07, 6.45) is -5.04. The summed E-state index contributed by atoms with van der Waals surface area (Å²) in [6.45, 7) is -0.400. The first kappa shape index (κ1) is 13.9.